The third-order valence-electron chi connectivity index (χ3n) is 6.88. The van der Waals surface area contributed by atoms with E-state index in [1.54, 1.807) is 67.6 Å². The van der Waals surface area contributed by atoms with E-state index in [1.165, 1.54) is 23.6 Å². The van der Waals surface area contributed by atoms with Crippen molar-refractivity contribution in [2.45, 2.75) is 35.5 Å². The molecule has 5 aromatic rings. The van der Waals surface area contributed by atoms with Gasteiger partial charge in [0.15, 0.2) is 4.34 Å². The lowest BCUT2D eigenvalue weighted by Crippen LogP contribution is -2.33. The number of alkyl carbamates (subject to hydrolysis) is 1. The van der Waals surface area contributed by atoms with Gasteiger partial charge in [0.1, 0.15) is 0 Å². The highest BCUT2D eigenvalue weighted by molar-refractivity contribution is 8.01. The number of nitro groups is 1. The summed E-state index contributed by atoms with van der Waals surface area (Å²) in [5.74, 6) is -0.707. The van der Waals surface area contributed by atoms with Gasteiger partial charge in [-0.3, -0.25) is 19.7 Å². The topological polar surface area (TPSA) is 165 Å². The molecule has 0 saturated carbocycles. The zero-order valence-electron chi connectivity index (χ0n) is 25.8. The molecular weight excluding hydrogens is 653 g/mol. The van der Waals surface area contributed by atoms with Gasteiger partial charge in [0.05, 0.1) is 45.3 Å². The highest BCUT2D eigenvalue weighted by Gasteiger charge is 2.20. The standard InChI is InChI=1S/C34H30N6O6S2/c1-3-46-33(43)37-27(23-7-5-4-6-8-23)19-31(41)39-35-20-22-11-16-29(28(17-22)40(44)45)47-34-38-26-15-14-25(18-30(26)48-34)36-32(42)24-12-9-21(2)10-13-24/h4-18,20,27H,3,19H2,1-2H3,(H,36,42)(H,37,43)(H,39,41)/b35-20-/t27-/m1/s1. The van der Waals surface area contributed by atoms with Crippen LogP contribution >= 0.6 is 23.1 Å². The van der Waals surface area contributed by atoms with E-state index in [0.29, 0.717) is 37.1 Å². The zero-order valence-corrected chi connectivity index (χ0v) is 27.5. The number of rotatable bonds is 12. The summed E-state index contributed by atoms with van der Waals surface area (Å²) >= 11 is 2.51. The van der Waals surface area contributed by atoms with E-state index in [4.69, 9.17) is 4.74 Å². The molecule has 3 N–H and O–H groups in total. The number of ether oxygens (including phenoxy) is 1. The van der Waals surface area contributed by atoms with Crippen LogP contribution in [0.25, 0.3) is 10.2 Å². The summed E-state index contributed by atoms with van der Waals surface area (Å²) in [6, 6.07) is 25.6. The average molecular weight is 683 g/mol. The number of fused-ring (bicyclic) bond motifs is 1. The Morgan fingerprint density at radius 2 is 1.81 bits per heavy atom. The summed E-state index contributed by atoms with van der Waals surface area (Å²) in [7, 11) is 0. The smallest absolute Gasteiger partial charge is 0.407 e. The molecule has 0 aliphatic carbocycles. The number of nitrogens with zero attached hydrogens (tertiary/aromatic N) is 3. The van der Waals surface area contributed by atoms with Gasteiger partial charge in [0.2, 0.25) is 5.91 Å². The molecule has 1 heterocycles. The Labute approximate surface area is 283 Å². The van der Waals surface area contributed by atoms with Crippen LogP contribution < -0.4 is 16.1 Å². The summed E-state index contributed by atoms with van der Waals surface area (Å²) in [4.78, 5) is 53.8. The molecule has 12 nitrogen and oxygen atoms in total. The van der Waals surface area contributed by atoms with Gasteiger partial charge in [0.25, 0.3) is 11.6 Å². The molecule has 0 aliphatic rings. The SMILES string of the molecule is CCOC(=O)N[C@H](CC(=O)N/N=C\c1ccc(Sc2nc3ccc(NC(=O)c4ccc(C)cc4)cc3s2)c([N+](=O)[O-])c1)c1ccccc1. The van der Waals surface area contributed by atoms with E-state index in [-0.39, 0.29) is 24.6 Å². The largest absolute Gasteiger partial charge is 0.450 e. The van der Waals surface area contributed by atoms with E-state index in [1.807, 2.05) is 31.2 Å². The fraction of sp³-hybridized carbons (Fsp3) is 0.147. The maximum atomic E-state index is 12.7. The van der Waals surface area contributed by atoms with Crippen molar-refractivity contribution in [2.75, 3.05) is 11.9 Å². The number of aryl methyl sites for hydroxylation is 1. The maximum Gasteiger partial charge on any atom is 0.407 e. The third kappa shape index (κ3) is 9.02. The van der Waals surface area contributed by atoms with Crippen molar-refractivity contribution in [1.29, 1.82) is 0 Å². The molecule has 0 unspecified atom stereocenters. The van der Waals surface area contributed by atoms with E-state index >= 15 is 0 Å². The molecule has 4 aromatic carbocycles. The first-order valence-corrected chi connectivity index (χ1v) is 16.4. The number of amides is 3. The molecule has 0 aliphatic heterocycles. The van der Waals surface area contributed by atoms with E-state index in [9.17, 15) is 24.5 Å². The maximum absolute atomic E-state index is 12.7. The number of anilines is 1. The molecule has 3 amide bonds. The fourth-order valence-corrected chi connectivity index (χ4v) is 6.68. The van der Waals surface area contributed by atoms with Gasteiger partial charge in [-0.05, 0) is 55.8 Å². The van der Waals surface area contributed by atoms with Gasteiger partial charge < -0.3 is 15.4 Å². The summed E-state index contributed by atoms with van der Waals surface area (Å²) < 4.78 is 6.36. The molecule has 0 spiro atoms. The second kappa shape index (κ2) is 15.8. The Morgan fingerprint density at radius 1 is 1.04 bits per heavy atom. The molecule has 1 aromatic heterocycles. The molecule has 1 atom stereocenters. The number of hydrogen-bond acceptors (Lipinski definition) is 10. The molecule has 5 rings (SSSR count). The van der Waals surface area contributed by atoms with Gasteiger partial charge in [-0.2, -0.15) is 5.10 Å². The molecule has 244 valence electrons. The first-order chi connectivity index (χ1) is 23.2. The summed E-state index contributed by atoms with van der Waals surface area (Å²) in [6.45, 7) is 3.82. The number of carbonyl (C=O) groups excluding carboxylic acids is 3. The van der Waals surface area contributed by atoms with Crippen molar-refractivity contribution in [3.63, 3.8) is 0 Å². The summed E-state index contributed by atoms with van der Waals surface area (Å²) in [6.07, 6.45) is 0.546. The van der Waals surface area contributed by atoms with E-state index in [2.05, 4.69) is 26.1 Å². The Kier molecular flexibility index (Phi) is 11.1. The van der Waals surface area contributed by atoms with Gasteiger partial charge in [-0.1, -0.05) is 65.9 Å². The van der Waals surface area contributed by atoms with Crippen molar-refractivity contribution in [3.8, 4) is 0 Å². The number of nitro benzene ring substituents is 1. The first kappa shape index (κ1) is 33.8. The Hall–Kier alpha value is -5.60. The van der Waals surface area contributed by atoms with Gasteiger partial charge in [-0.25, -0.2) is 15.2 Å². The number of aromatic nitrogens is 1. The van der Waals surface area contributed by atoms with Crippen LogP contribution in [0.4, 0.5) is 16.2 Å². The Morgan fingerprint density at radius 3 is 2.54 bits per heavy atom. The monoisotopic (exact) mass is 682 g/mol. The molecule has 0 saturated heterocycles. The lowest BCUT2D eigenvalue weighted by Gasteiger charge is -2.18. The fourth-order valence-electron chi connectivity index (χ4n) is 4.53. The molecule has 0 radical (unpaired) electrons. The summed E-state index contributed by atoms with van der Waals surface area (Å²) in [5.41, 5.74) is 6.29. The number of carbonyl (C=O) groups is 3. The molecule has 48 heavy (non-hydrogen) atoms. The van der Waals surface area contributed by atoms with Crippen molar-refractivity contribution in [2.24, 2.45) is 5.10 Å². The molecule has 0 fully saturated rings. The van der Waals surface area contributed by atoms with Crippen LogP contribution in [0.15, 0.2) is 105 Å². The number of nitrogens with one attached hydrogen (secondary N) is 3. The van der Waals surface area contributed by atoms with Gasteiger partial charge in [0, 0.05) is 22.9 Å². The quantitative estimate of drug-likeness (QED) is 0.0704. The molecule has 0 bridgehead atoms. The lowest BCUT2D eigenvalue weighted by atomic mass is 10.0. The zero-order chi connectivity index (χ0) is 34.0. The number of hydrogen-bond donors (Lipinski definition) is 3. The minimum Gasteiger partial charge on any atom is -0.450 e. The predicted molar refractivity (Wildman–Crippen MR) is 186 cm³/mol. The number of hydrazone groups is 1. The van der Waals surface area contributed by atoms with Crippen LogP contribution in [-0.2, 0) is 9.53 Å². The van der Waals surface area contributed by atoms with Crippen LogP contribution in [0.5, 0.6) is 0 Å². The third-order valence-corrected chi connectivity index (χ3v) is 9.02. The predicted octanol–water partition coefficient (Wildman–Crippen LogP) is 7.24. The normalized spacial score (nSPS) is 11.6. The van der Waals surface area contributed by atoms with Crippen molar-refractivity contribution >= 4 is 68.8 Å². The number of thiazole rings is 1. The van der Waals surface area contributed by atoms with Crippen LogP contribution in [-0.4, -0.2) is 40.6 Å². The summed E-state index contributed by atoms with van der Waals surface area (Å²) in [5, 5.41) is 21.5. The van der Waals surface area contributed by atoms with Crippen LogP contribution in [0, 0.1) is 17.0 Å². The Bertz CT molecular complexity index is 1980. The Balaban J connectivity index is 1.23. The van der Waals surface area contributed by atoms with Crippen molar-refractivity contribution in [3.05, 3.63) is 123 Å². The number of benzene rings is 4. The molecule has 14 heteroatoms. The van der Waals surface area contributed by atoms with Crippen LogP contribution in [0.2, 0.25) is 0 Å². The second-order valence-corrected chi connectivity index (χ2v) is 12.7. The first-order valence-electron chi connectivity index (χ1n) is 14.7. The average Bonchev–Trinajstić information content (AvgIpc) is 3.47. The lowest BCUT2D eigenvalue weighted by molar-refractivity contribution is -0.387. The van der Waals surface area contributed by atoms with E-state index < -0.39 is 23.0 Å². The van der Waals surface area contributed by atoms with Gasteiger partial charge >= 0.3 is 6.09 Å². The molecular formula is C34H30N6O6S2. The van der Waals surface area contributed by atoms with Crippen LogP contribution in [0.1, 0.15) is 46.4 Å². The highest BCUT2D eigenvalue weighted by atomic mass is 32.2. The van der Waals surface area contributed by atoms with E-state index in [0.717, 1.165) is 22.0 Å². The van der Waals surface area contributed by atoms with Crippen molar-refractivity contribution in [1.82, 2.24) is 15.7 Å². The van der Waals surface area contributed by atoms with Crippen molar-refractivity contribution < 1.29 is 24.0 Å². The highest BCUT2D eigenvalue weighted by Crippen LogP contribution is 2.39. The van der Waals surface area contributed by atoms with Gasteiger partial charge in [-0.15, -0.1) is 11.3 Å². The second-order valence-electron chi connectivity index (χ2n) is 10.4. The minimum atomic E-state index is -0.649. The van der Waals surface area contributed by atoms with Crippen LogP contribution in [0.3, 0.4) is 0 Å². The minimum absolute atomic E-state index is 0.112.